The number of H-pyrrole nitrogens is 1. The standard InChI is InChI=1S/C21H22N4O2S/c1-3-16-6-4-5-7-17(16)22-19(26)13-28-21-23-20(27)18(24-25-21)12-15-10-8-14(2)9-11-15/h4-11H,3,12-13H2,1-2H3,(H,22,26)(H,23,25,27). The van der Waals surface area contributed by atoms with Gasteiger partial charge in [-0.2, -0.15) is 0 Å². The van der Waals surface area contributed by atoms with Gasteiger partial charge in [0, 0.05) is 12.1 Å². The number of aromatic nitrogens is 3. The summed E-state index contributed by atoms with van der Waals surface area (Å²) in [6.07, 6.45) is 1.26. The number of rotatable bonds is 7. The number of nitrogens with zero attached hydrogens (tertiary/aromatic N) is 2. The minimum Gasteiger partial charge on any atom is -0.325 e. The van der Waals surface area contributed by atoms with Crippen LogP contribution in [-0.4, -0.2) is 26.8 Å². The molecule has 0 radical (unpaired) electrons. The fourth-order valence-electron chi connectivity index (χ4n) is 2.70. The number of anilines is 1. The van der Waals surface area contributed by atoms with Gasteiger partial charge in [0.25, 0.3) is 5.56 Å². The lowest BCUT2D eigenvalue weighted by Crippen LogP contribution is -2.19. The molecule has 1 amide bonds. The minimum atomic E-state index is -0.283. The lowest BCUT2D eigenvalue weighted by molar-refractivity contribution is -0.113. The Hall–Kier alpha value is -2.93. The lowest BCUT2D eigenvalue weighted by Gasteiger charge is -2.09. The average molecular weight is 395 g/mol. The van der Waals surface area contributed by atoms with Crippen LogP contribution in [0.2, 0.25) is 0 Å². The van der Waals surface area contributed by atoms with E-state index in [1.165, 1.54) is 0 Å². The van der Waals surface area contributed by atoms with E-state index >= 15 is 0 Å². The van der Waals surface area contributed by atoms with E-state index < -0.39 is 0 Å². The molecule has 0 atom stereocenters. The molecule has 0 saturated heterocycles. The number of thioether (sulfide) groups is 1. The number of para-hydroxylation sites is 1. The first kappa shape index (κ1) is 19.8. The van der Waals surface area contributed by atoms with E-state index in [9.17, 15) is 9.59 Å². The normalized spacial score (nSPS) is 10.6. The molecular formula is C21H22N4O2S. The van der Waals surface area contributed by atoms with E-state index in [2.05, 4.69) is 20.5 Å². The summed E-state index contributed by atoms with van der Waals surface area (Å²) in [6.45, 7) is 4.05. The van der Waals surface area contributed by atoms with Crippen LogP contribution < -0.4 is 10.9 Å². The zero-order valence-corrected chi connectivity index (χ0v) is 16.7. The highest BCUT2D eigenvalue weighted by Gasteiger charge is 2.10. The molecule has 1 aromatic heterocycles. The molecule has 0 aliphatic carbocycles. The summed E-state index contributed by atoms with van der Waals surface area (Å²) in [7, 11) is 0. The highest BCUT2D eigenvalue weighted by molar-refractivity contribution is 7.99. The Balaban J connectivity index is 1.59. The van der Waals surface area contributed by atoms with Gasteiger partial charge in [-0.1, -0.05) is 66.7 Å². The second-order valence-electron chi connectivity index (χ2n) is 6.42. The van der Waals surface area contributed by atoms with Gasteiger partial charge >= 0.3 is 0 Å². The molecule has 144 valence electrons. The van der Waals surface area contributed by atoms with Gasteiger partial charge < -0.3 is 5.32 Å². The van der Waals surface area contributed by atoms with Crippen LogP contribution in [0.1, 0.15) is 29.3 Å². The van der Waals surface area contributed by atoms with Crippen molar-refractivity contribution >= 4 is 23.4 Å². The third kappa shape index (κ3) is 5.29. The summed E-state index contributed by atoms with van der Waals surface area (Å²) in [5.41, 5.74) is 4.12. The molecule has 28 heavy (non-hydrogen) atoms. The third-order valence-electron chi connectivity index (χ3n) is 4.25. The summed E-state index contributed by atoms with van der Waals surface area (Å²) in [5, 5.41) is 11.3. The van der Waals surface area contributed by atoms with Crippen molar-refractivity contribution in [1.82, 2.24) is 15.2 Å². The maximum atomic E-state index is 12.3. The van der Waals surface area contributed by atoms with Crippen LogP contribution in [0, 0.1) is 6.92 Å². The van der Waals surface area contributed by atoms with Crippen LogP contribution >= 0.6 is 11.8 Å². The first-order chi connectivity index (χ1) is 13.5. The summed E-state index contributed by atoms with van der Waals surface area (Å²) >= 11 is 1.15. The smallest absolute Gasteiger partial charge is 0.273 e. The van der Waals surface area contributed by atoms with Crippen molar-refractivity contribution in [3.05, 3.63) is 81.3 Å². The van der Waals surface area contributed by atoms with E-state index in [0.717, 1.165) is 40.6 Å². The van der Waals surface area contributed by atoms with Gasteiger partial charge in [0.1, 0.15) is 5.69 Å². The SMILES string of the molecule is CCc1ccccc1NC(=O)CSc1nnc(Cc2ccc(C)cc2)c(=O)[nH]1. The Labute approximate surface area is 167 Å². The number of carbonyl (C=O) groups excluding carboxylic acids is 1. The van der Waals surface area contributed by atoms with E-state index in [4.69, 9.17) is 0 Å². The minimum absolute atomic E-state index is 0.139. The molecule has 7 heteroatoms. The number of benzene rings is 2. The van der Waals surface area contributed by atoms with E-state index in [-0.39, 0.29) is 17.2 Å². The second-order valence-corrected chi connectivity index (χ2v) is 7.38. The lowest BCUT2D eigenvalue weighted by atomic mass is 10.1. The molecule has 0 saturated carbocycles. The molecule has 0 aliphatic heterocycles. The van der Waals surface area contributed by atoms with Crippen LogP contribution in [0.4, 0.5) is 5.69 Å². The van der Waals surface area contributed by atoms with E-state index in [1.54, 1.807) is 0 Å². The first-order valence-corrected chi connectivity index (χ1v) is 10.1. The molecule has 0 spiro atoms. The van der Waals surface area contributed by atoms with Gasteiger partial charge in [-0.3, -0.25) is 14.6 Å². The number of nitrogens with one attached hydrogen (secondary N) is 2. The Kier molecular flexibility index (Phi) is 6.60. The fraction of sp³-hybridized carbons (Fsp3) is 0.238. The maximum absolute atomic E-state index is 12.3. The predicted octanol–water partition coefficient (Wildman–Crippen LogP) is 3.36. The number of carbonyl (C=O) groups is 1. The molecule has 0 bridgehead atoms. The topological polar surface area (TPSA) is 87.7 Å². The summed E-state index contributed by atoms with van der Waals surface area (Å²) in [6, 6.07) is 15.6. The first-order valence-electron chi connectivity index (χ1n) is 9.07. The Bertz CT molecular complexity index is 1020. The van der Waals surface area contributed by atoms with Crippen molar-refractivity contribution in [3.63, 3.8) is 0 Å². The number of amides is 1. The Morgan fingerprint density at radius 3 is 2.57 bits per heavy atom. The van der Waals surface area contributed by atoms with E-state index in [1.807, 2.05) is 62.4 Å². The largest absolute Gasteiger partial charge is 0.325 e. The van der Waals surface area contributed by atoms with Crippen molar-refractivity contribution in [3.8, 4) is 0 Å². The molecule has 0 aliphatic rings. The van der Waals surface area contributed by atoms with Crippen LogP contribution in [0.5, 0.6) is 0 Å². The van der Waals surface area contributed by atoms with E-state index in [0.29, 0.717) is 17.3 Å². The van der Waals surface area contributed by atoms with Gasteiger partial charge in [0.15, 0.2) is 5.16 Å². The molecule has 1 heterocycles. The van der Waals surface area contributed by atoms with Gasteiger partial charge in [-0.05, 0) is 30.5 Å². The van der Waals surface area contributed by atoms with Crippen LogP contribution in [0.25, 0.3) is 0 Å². The zero-order chi connectivity index (χ0) is 19.9. The molecule has 3 rings (SSSR count). The zero-order valence-electron chi connectivity index (χ0n) is 15.9. The maximum Gasteiger partial charge on any atom is 0.273 e. The summed E-state index contributed by atoms with van der Waals surface area (Å²) in [4.78, 5) is 27.2. The van der Waals surface area contributed by atoms with Crippen molar-refractivity contribution in [1.29, 1.82) is 0 Å². The molecule has 0 unspecified atom stereocenters. The molecular weight excluding hydrogens is 372 g/mol. The van der Waals surface area contributed by atoms with Crippen molar-refractivity contribution < 1.29 is 4.79 Å². The molecule has 3 aromatic rings. The number of aryl methyl sites for hydroxylation is 2. The van der Waals surface area contributed by atoms with Crippen molar-refractivity contribution in [2.24, 2.45) is 0 Å². The number of aromatic amines is 1. The highest BCUT2D eigenvalue weighted by atomic mass is 32.2. The third-order valence-corrected chi connectivity index (χ3v) is 5.11. The highest BCUT2D eigenvalue weighted by Crippen LogP contribution is 2.17. The number of hydrogen-bond donors (Lipinski definition) is 2. The monoisotopic (exact) mass is 394 g/mol. The van der Waals surface area contributed by atoms with Crippen LogP contribution in [0.3, 0.4) is 0 Å². The van der Waals surface area contributed by atoms with Gasteiger partial charge in [0.2, 0.25) is 5.91 Å². The van der Waals surface area contributed by atoms with Crippen molar-refractivity contribution in [2.45, 2.75) is 31.8 Å². The van der Waals surface area contributed by atoms with Gasteiger partial charge in [-0.15, -0.1) is 10.2 Å². The number of hydrogen-bond acceptors (Lipinski definition) is 5. The summed E-state index contributed by atoms with van der Waals surface area (Å²) < 4.78 is 0. The Morgan fingerprint density at radius 1 is 1.11 bits per heavy atom. The Morgan fingerprint density at radius 2 is 1.86 bits per heavy atom. The van der Waals surface area contributed by atoms with Crippen LogP contribution in [0.15, 0.2) is 58.5 Å². The molecule has 2 aromatic carbocycles. The van der Waals surface area contributed by atoms with Gasteiger partial charge in [-0.25, -0.2) is 0 Å². The molecule has 2 N–H and O–H groups in total. The second kappa shape index (κ2) is 9.32. The molecule has 6 nitrogen and oxygen atoms in total. The predicted molar refractivity (Wildman–Crippen MR) is 112 cm³/mol. The summed E-state index contributed by atoms with van der Waals surface area (Å²) in [5.74, 6) is -0.0164. The quantitative estimate of drug-likeness (QED) is 0.600. The molecule has 0 fully saturated rings. The van der Waals surface area contributed by atoms with Crippen LogP contribution in [-0.2, 0) is 17.6 Å². The van der Waals surface area contributed by atoms with Crippen molar-refractivity contribution in [2.75, 3.05) is 11.1 Å². The average Bonchev–Trinajstić information content (AvgIpc) is 2.70. The van der Waals surface area contributed by atoms with Gasteiger partial charge in [0.05, 0.1) is 5.75 Å². The fourth-order valence-corrected chi connectivity index (χ4v) is 3.30.